The summed E-state index contributed by atoms with van der Waals surface area (Å²) >= 11 is 0. The Hall–Kier alpha value is -0.410. The molecule has 3 nitrogen and oxygen atoms in total. The normalized spacial score (nSPS) is 34.5. The Morgan fingerprint density at radius 1 is 1.25 bits per heavy atom. The standard InChI is InChI=1S/C17H32N2O/c1-13-11-19(9-8-18(13)5)12-14-10-15(17(2,3)4)6-7-16(14)20/h13-15H,6-12H2,1-5H3. The first-order valence-corrected chi connectivity index (χ1v) is 8.22. The molecule has 1 saturated heterocycles. The predicted molar refractivity (Wildman–Crippen MR) is 83.8 cm³/mol. The Kier molecular flexibility index (Phi) is 4.91. The summed E-state index contributed by atoms with van der Waals surface area (Å²) in [6, 6.07) is 0.612. The van der Waals surface area contributed by atoms with Crippen LogP contribution in [0.25, 0.3) is 0 Å². The lowest BCUT2D eigenvalue weighted by Gasteiger charge is -2.42. The van der Waals surface area contributed by atoms with Crippen molar-refractivity contribution in [2.75, 3.05) is 33.2 Å². The van der Waals surface area contributed by atoms with Gasteiger partial charge >= 0.3 is 0 Å². The fraction of sp³-hybridized carbons (Fsp3) is 0.941. The zero-order chi connectivity index (χ0) is 14.9. The van der Waals surface area contributed by atoms with Gasteiger partial charge in [0.05, 0.1) is 0 Å². The predicted octanol–water partition coefficient (Wildman–Crippen LogP) is 2.65. The second-order valence-electron chi connectivity index (χ2n) is 8.09. The molecule has 1 aliphatic carbocycles. The SMILES string of the molecule is CC1CN(CC2CC(C(C)(C)C)CCC2=O)CCN1C. The first kappa shape index (κ1) is 16.0. The maximum atomic E-state index is 12.2. The minimum atomic E-state index is 0.281. The van der Waals surface area contributed by atoms with Gasteiger partial charge in [-0.25, -0.2) is 0 Å². The lowest BCUT2D eigenvalue weighted by atomic mass is 9.68. The lowest BCUT2D eigenvalue weighted by Crippen LogP contribution is -2.52. The van der Waals surface area contributed by atoms with Crippen molar-refractivity contribution in [1.82, 2.24) is 9.80 Å². The van der Waals surface area contributed by atoms with Gasteiger partial charge in [-0.2, -0.15) is 0 Å². The molecule has 0 bridgehead atoms. The van der Waals surface area contributed by atoms with Crippen molar-refractivity contribution in [2.24, 2.45) is 17.3 Å². The molecule has 0 amide bonds. The summed E-state index contributed by atoms with van der Waals surface area (Å²) in [6.45, 7) is 13.6. The topological polar surface area (TPSA) is 23.6 Å². The second kappa shape index (κ2) is 6.15. The molecule has 3 atom stereocenters. The van der Waals surface area contributed by atoms with Crippen LogP contribution >= 0.6 is 0 Å². The maximum Gasteiger partial charge on any atom is 0.137 e. The minimum absolute atomic E-state index is 0.281. The van der Waals surface area contributed by atoms with Gasteiger partial charge in [0.25, 0.3) is 0 Å². The highest BCUT2D eigenvalue weighted by atomic mass is 16.1. The van der Waals surface area contributed by atoms with E-state index in [0.717, 1.165) is 45.4 Å². The second-order valence-corrected chi connectivity index (χ2v) is 8.09. The van der Waals surface area contributed by atoms with Crippen molar-refractivity contribution in [3.63, 3.8) is 0 Å². The largest absolute Gasteiger partial charge is 0.301 e. The van der Waals surface area contributed by atoms with Gasteiger partial charge in [0.1, 0.15) is 5.78 Å². The van der Waals surface area contributed by atoms with Gasteiger partial charge in [0.15, 0.2) is 0 Å². The summed E-state index contributed by atoms with van der Waals surface area (Å²) in [6.07, 6.45) is 3.00. The van der Waals surface area contributed by atoms with Crippen LogP contribution in [0.5, 0.6) is 0 Å². The molecule has 2 fully saturated rings. The van der Waals surface area contributed by atoms with Crippen LogP contribution in [0.2, 0.25) is 0 Å². The smallest absolute Gasteiger partial charge is 0.137 e. The number of rotatable bonds is 2. The number of likely N-dealkylation sites (N-methyl/N-ethyl adjacent to an activating group) is 1. The molecule has 0 aromatic rings. The highest BCUT2D eigenvalue weighted by molar-refractivity contribution is 5.82. The summed E-state index contributed by atoms with van der Waals surface area (Å²) in [5, 5.41) is 0. The summed E-state index contributed by atoms with van der Waals surface area (Å²) in [5.41, 5.74) is 0.342. The van der Waals surface area contributed by atoms with Crippen molar-refractivity contribution in [1.29, 1.82) is 0 Å². The van der Waals surface area contributed by atoms with Gasteiger partial charge in [-0.3, -0.25) is 9.69 Å². The van der Waals surface area contributed by atoms with Crippen LogP contribution in [0.4, 0.5) is 0 Å². The molecular formula is C17H32N2O. The molecule has 0 aromatic heterocycles. The zero-order valence-electron chi connectivity index (χ0n) is 14.0. The molecule has 2 rings (SSSR count). The number of nitrogens with zero attached hydrogens (tertiary/aromatic N) is 2. The Labute approximate surface area is 124 Å². The molecule has 1 heterocycles. The van der Waals surface area contributed by atoms with Gasteiger partial charge in [-0.05, 0) is 38.1 Å². The molecule has 3 unspecified atom stereocenters. The summed E-state index contributed by atoms with van der Waals surface area (Å²) in [7, 11) is 2.20. The Morgan fingerprint density at radius 3 is 2.55 bits per heavy atom. The fourth-order valence-electron chi connectivity index (χ4n) is 3.68. The molecule has 1 saturated carbocycles. The van der Waals surface area contributed by atoms with Crippen LogP contribution in [0.1, 0.15) is 47.0 Å². The summed E-state index contributed by atoms with van der Waals surface area (Å²) < 4.78 is 0. The average Bonchev–Trinajstić information content (AvgIpc) is 2.35. The third-order valence-corrected chi connectivity index (χ3v) is 5.51. The molecule has 0 aromatic carbocycles. The minimum Gasteiger partial charge on any atom is -0.301 e. The van der Waals surface area contributed by atoms with Gasteiger partial charge in [0, 0.05) is 44.6 Å². The van der Waals surface area contributed by atoms with Crippen LogP contribution in [0.3, 0.4) is 0 Å². The van der Waals surface area contributed by atoms with Crippen molar-refractivity contribution >= 4 is 5.78 Å². The van der Waals surface area contributed by atoms with Crippen molar-refractivity contribution in [3.05, 3.63) is 0 Å². The van der Waals surface area contributed by atoms with E-state index in [-0.39, 0.29) is 5.92 Å². The molecule has 3 heteroatoms. The number of carbonyl (C=O) groups is 1. The number of hydrogen-bond donors (Lipinski definition) is 0. The molecule has 0 spiro atoms. The molecule has 116 valence electrons. The van der Waals surface area contributed by atoms with Crippen LogP contribution in [0.15, 0.2) is 0 Å². The molecule has 20 heavy (non-hydrogen) atoms. The molecular weight excluding hydrogens is 248 g/mol. The number of carbonyl (C=O) groups excluding carboxylic acids is 1. The van der Waals surface area contributed by atoms with Crippen LogP contribution in [-0.2, 0) is 4.79 Å². The molecule has 1 aliphatic heterocycles. The zero-order valence-corrected chi connectivity index (χ0v) is 14.0. The van der Waals surface area contributed by atoms with E-state index in [1.54, 1.807) is 0 Å². The quantitative estimate of drug-likeness (QED) is 0.777. The number of hydrogen-bond acceptors (Lipinski definition) is 3. The van der Waals surface area contributed by atoms with E-state index in [1.807, 2.05) is 0 Å². The Bertz CT molecular complexity index is 347. The average molecular weight is 280 g/mol. The lowest BCUT2D eigenvalue weighted by molar-refractivity contribution is -0.127. The first-order chi connectivity index (χ1) is 9.27. The van der Waals surface area contributed by atoms with E-state index >= 15 is 0 Å². The van der Waals surface area contributed by atoms with Crippen LogP contribution < -0.4 is 0 Å². The van der Waals surface area contributed by atoms with Gasteiger partial charge in [-0.15, -0.1) is 0 Å². The Balaban J connectivity index is 1.92. The van der Waals surface area contributed by atoms with E-state index in [4.69, 9.17) is 0 Å². The number of Topliss-reactive ketones (excluding diaryl/α,β-unsaturated/α-hetero) is 1. The van der Waals surface area contributed by atoms with Crippen molar-refractivity contribution in [2.45, 2.75) is 53.0 Å². The third-order valence-electron chi connectivity index (χ3n) is 5.51. The van der Waals surface area contributed by atoms with E-state index in [0.29, 0.717) is 23.2 Å². The number of ketones is 1. The van der Waals surface area contributed by atoms with Crippen molar-refractivity contribution < 1.29 is 4.79 Å². The van der Waals surface area contributed by atoms with Crippen molar-refractivity contribution in [3.8, 4) is 0 Å². The van der Waals surface area contributed by atoms with E-state index < -0.39 is 0 Å². The first-order valence-electron chi connectivity index (χ1n) is 8.22. The fourth-order valence-corrected chi connectivity index (χ4v) is 3.68. The summed E-state index contributed by atoms with van der Waals surface area (Å²) in [4.78, 5) is 17.2. The highest BCUT2D eigenvalue weighted by Gasteiger charge is 2.36. The van der Waals surface area contributed by atoms with Gasteiger partial charge in [-0.1, -0.05) is 20.8 Å². The van der Waals surface area contributed by atoms with E-state index in [9.17, 15) is 4.79 Å². The van der Waals surface area contributed by atoms with Gasteiger partial charge < -0.3 is 4.90 Å². The Morgan fingerprint density at radius 2 is 1.95 bits per heavy atom. The highest BCUT2D eigenvalue weighted by Crippen LogP contribution is 2.39. The molecule has 2 aliphatic rings. The van der Waals surface area contributed by atoms with Crippen LogP contribution in [-0.4, -0.2) is 54.9 Å². The molecule has 0 N–H and O–H groups in total. The monoisotopic (exact) mass is 280 g/mol. The van der Waals surface area contributed by atoms with Gasteiger partial charge in [0.2, 0.25) is 0 Å². The number of piperazine rings is 1. The maximum absolute atomic E-state index is 12.2. The summed E-state index contributed by atoms with van der Waals surface area (Å²) in [5.74, 6) is 1.50. The van der Waals surface area contributed by atoms with E-state index in [2.05, 4.69) is 44.5 Å². The van der Waals surface area contributed by atoms with Crippen LogP contribution in [0, 0.1) is 17.3 Å². The molecule has 0 radical (unpaired) electrons. The van der Waals surface area contributed by atoms with E-state index in [1.165, 1.54) is 0 Å². The third kappa shape index (κ3) is 3.82.